The maximum atomic E-state index is 12.6. The molecule has 2 aromatic rings. The number of hydrogen-bond donors (Lipinski definition) is 0. The average molecular weight is 394 g/mol. The van der Waals surface area contributed by atoms with Crippen LogP contribution in [-0.4, -0.2) is 36.2 Å². The van der Waals surface area contributed by atoms with E-state index < -0.39 is 0 Å². The number of likely N-dealkylation sites (N-methyl/N-ethyl adjacent to an activating group) is 1. The van der Waals surface area contributed by atoms with Crippen molar-refractivity contribution in [3.8, 4) is 11.5 Å². The lowest BCUT2D eigenvalue weighted by atomic mass is 10.2. The molecule has 1 heterocycles. The van der Waals surface area contributed by atoms with Gasteiger partial charge in [-0.15, -0.1) is 0 Å². The van der Waals surface area contributed by atoms with Crippen molar-refractivity contribution in [2.45, 2.75) is 6.92 Å². The first-order chi connectivity index (χ1) is 13.6. The van der Waals surface area contributed by atoms with E-state index in [2.05, 4.69) is 11.6 Å². The maximum Gasteiger partial charge on any atom is 0.266 e. The van der Waals surface area contributed by atoms with Crippen molar-refractivity contribution >= 4 is 34.6 Å². The normalized spacial score (nSPS) is 16.6. The molecule has 0 aromatic heterocycles. The topological polar surface area (TPSA) is 51.1 Å². The van der Waals surface area contributed by atoms with Gasteiger partial charge in [-0.25, -0.2) is 4.99 Å². The van der Waals surface area contributed by atoms with Gasteiger partial charge >= 0.3 is 0 Å². The predicted molar refractivity (Wildman–Crippen MR) is 115 cm³/mol. The first-order valence-electron chi connectivity index (χ1n) is 8.94. The molecule has 0 radical (unpaired) electrons. The van der Waals surface area contributed by atoms with Gasteiger partial charge < -0.3 is 9.47 Å². The number of amides is 1. The van der Waals surface area contributed by atoms with Crippen LogP contribution in [-0.2, 0) is 4.79 Å². The minimum atomic E-state index is -0.0791. The number of para-hydroxylation sites is 1. The summed E-state index contributed by atoms with van der Waals surface area (Å²) >= 11 is 1.36. The Balaban J connectivity index is 1.86. The highest BCUT2D eigenvalue weighted by atomic mass is 32.2. The highest BCUT2D eigenvalue weighted by molar-refractivity contribution is 8.18. The largest absolute Gasteiger partial charge is 0.490 e. The van der Waals surface area contributed by atoms with Crippen LogP contribution in [0.4, 0.5) is 5.69 Å². The lowest BCUT2D eigenvalue weighted by Gasteiger charge is -2.11. The molecule has 0 atom stereocenters. The van der Waals surface area contributed by atoms with Crippen LogP contribution in [0.2, 0.25) is 0 Å². The third-order valence-electron chi connectivity index (χ3n) is 3.91. The molecule has 5 nitrogen and oxygen atoms in total. The molecule has 0 bridgehead atoms. The van der Waals surface area contributed by atoms with Crippen molar-refractivity contribution in [3.05, 3.63) is 71.7 Å². The Morgan fingerprint density at radius 2 is 1.93 bits per heavy atom. The van der Waals surface area contributed by atoms with Gasteiger partial charge in [-0.2, -0.15) is 0 Å². The van der Waals surface area contributed by atoms with E-state index in [0.29, 0.717) is 34.8 Å². The lowest BCUT2D eigenvalue weighted by Crippen LogP contribution is -2.23. The number of amidine groups is 1. The molecule has 1 saturated heterocycles. The van der Waals surface area contributed by atoms with E-state index in [-0.39, 0.29) is 5.91 Å². The standard InChI is InChI=1S/C22H22N2O3S/c1-4-13-27-18-12-11-16(14-19(18)26-5-2)15-20-21(25)24(3)22(28-20)23-17-9-7-6-8-10-17/h4,6-12,14-15H,1,5,13H2,2-3H3. The third-order valence-corrected chi connectivity index (χ3v) is 4.97. The van der Waals surface area contributed by atoms with Gasteiger partial charge in [0.1, 0.15) is 6.61 Å². The molecule has 1 aliphatic heterocycles. The van der Waals surface area contributed by atoms with Crippen molar-refractivity contribution < 1.29 is 14.3 Å². The number of ether oxygens (including phenoxy) is 2. The van der Waals surface area contributed by atoms with E-state index in [0.717, 1.165) is 11.3 Å². The van der Waals surface area contributed by atoms with Crippen molar-refractivity contribution in [1.82, 2.24) is 4.90 Å². The Labute approximate surface area is 169 Å². The molecular formula is C22H22N2O3S. The van der Waals surface area contributed by atoms with Gasteiger partial charge in [0.05, 0.1) is 17.2 Å². The van der Waals surface area contributed by atoms with Crippen molar-refractivity contribution in [2.75, 3.05) is 20.3 Å². The molecule has 6 heteroatoms. The third kappa shape index (κ3) is 4.64. The molecule has 0 N–H and O–H groups in total. The van der Waals surface area contributed by atoms with Crippen LogP contribution in [0.25, 0.3) is 6.08 Å². The second-order valence-corrected chi connectivity index (χ2v) is 6.95. The second-order valence-electron chi connectivity index (χ2n) is 5.94. The summed E-state index contributed by atoms with van der Waals surface area (Å²) in [6, 6.07) is 15.2. The molecular weight excluding hydrogens is 372 g/mol. The van der Waals surface area contributed by atoms with Crippen LogP contribution in [0.15, 0.2) is 71.1 Å². The summed E-state index contributed by atoms with van der Waals surface area (Å²) in [7, 11) is 1.73. The SMILES string of the molecule is C=CCOc1ccc(C=C2SC(=Nc3ccccc3)N(C)C2=O)cc1OCC. The Morgan fingerprint density at radius 3 is 2.64 bits per heavy atom. The second kappa shape index (κ2) is 9.28. The van der Waals surface area contributed by atoms with E-state index in [1.807, 2.05) is 61.5 Å². The van der Waals surface area contributed by atoms with Crippen LogP contribution in [0.1, 0.15) is 12.5 Å². The Kier molecular flexibility index (Phi) is 6.55. The van der Waals surface area contributed by atoms with Gasteiger partial charge in [0.25, 0.3) is 5.91 Å². The number of benzene rings is 2. The molecule has 3 rings (SSSR count). The van der Waals surface area contributed by atoms with Gasteiger partial charge in [0.15, 0.2) is 16.7 Å². The van der Waals surface area contributed by atoms with E-state index in [1.165, 1.54) is 11.8 Å². The maximum absolute atomic E-state index is 12.6. The molecule has 0 spiro atoms. The number of hydrogen-bond acceptors (Lipinski definition) is 5. The first kappa shape index (κ1) is 19.8. The summed E-state index contributed by atoms with van der Waals surface area (Å²) in [5, 5.41) is 0.651. The summed E-state index contributed by atoms with van der Waals surface area (Å²) in [6.07, 6.45) is 3.53. The number of carbonyl (C=O) groups excluding carboxylic acids is 1. The highest BCUT2D eigenvalue weighted by Crippen LogP contribution is 2.35. The van der Waals surface area contributed by atoms with Gasteiger partial charge in [0, 0.05) is 7.05 Å². The molecule has 1 amide bonds. The summed E-state index contributed by atoms with van der Waals surface area (Å²) in [6.45, 7) is 6.50. The molecule has 1 aliphatic rings. The van der Waals surface area contributed by atoms with Crippen LogP contribution < -0.4 is 9.47 Å². The van der Waals surface area contributed by atoms with Crippen LogP contribution >= 0.6 is 11.8 Å². The summed E-state index contributed by atoms with van der Waals surface area (Å²) in [5.41, 5.74) is 1.67. The van der Waals surface area contributed by atoms with Gasteiger partial charge in [-0.3, -0.25) is 9.69 Å². The fourth-order valence-corrected chi connectivity index (χ4v) is 3.55. The zero-order valence-corrected chi connectivity index (χ0v) is 16.7. The predicted octanol–water partition coefficient (Wildman–Crippen LogP) is 4.88. The zero-order valence-electron chi connectivity index (χ0n) is 15.9. The van der Waals surface area contributed by atoms with Crippen LogP contribution in [0.3, 0.4) is 0 Å². The summed E-state index contributed by atoms with van der Waals surface area (Å²) < 4.78 is 11.3. The van der Waals surface area contributed by atoms with E-state index >= 15 is 0 Å². The first-order valence-corrected chi connectivity index (χ1v) is 9.76. The molecule has 144 valence electrons. The number of carbonyl (C=O) groups is 1. The fraction of sp³-hybridized carbons (Fsp3) is 0.182. The monoisotopic (exact) mass is 394 g/mol. The molecule has 0 aliphatic carbocycles. The zero-order chi connectivity index (χ0) is 19.9. The van der Waals surface area contributed by atoms with Crippen molar-refractivity contribution in [2.24, 2.45) is 4.99 Å². The van der Waals surface area contributed by atoms with E-state index in [1.54, 1.807) is 18.0 Å². The molecule has 2 aromatic carbocycles. The molecule has 1 fully saturated rings. The number of nitrogens with zero attached hydrogens (tertiary/aromatic N) is 2. The number of thioether (sulfide) groups is 1. The highest BCUT2D eigenvalue weighted by Gasteiger charge is 2.30. The Morgan fingerprint density at radius 1 is 1.14 bits per heavy atom. The van der Waals surface area contributed by atoms with E-state index in [9.17, 15) is 4.79 Å². The molecule has 0 unspecified atom stereocenters. The number of rotatable bonds is 7. The minimum Gasteiger partial charge on any atom is -0.490 e. The van der Waals surface area contributed by atoms with E-state index in [4.69, 9.17) is 9.47 Å². The fourth-order valence-electron chi connectivity index (χ4n) is 2.57. The van der Waals surface area contributed by atoms with Crippen LogP contribution in [0, 0.1) is 0 Å². The molecule has 28 heavy (non-hydrogen) atoms. The summed E-state index contributed by atoms with van der Waals surface area (Å²) in [5.74, 6) is 1.21. The van der Waals surface area contributed by atoms with Crippen molar-refractivity contribution in [1.29, 1.82) is 0 Å². The van der Waals surface area contributed by atoms with Crippen LogP contribution in [0.5, 0.6) is 11.5 Å². The smallest absolute Gasteiger partial charge is 0.266 e. The lowest BCUT2D eigenvalue weighted by molar-refractivity contribution is -0.121. The average Bonchev–Trinajstić information content (AvgIpc) is 2.96. The minimum absolute atomic E-state index is 0.0791. The summed E-state index contributed by atoms with van der Waals surface area (Å²) in [4.78, 5) is 19.4. The Hall–Kier alpha value is -2.99. The Bertz CT molecular complexity index is 923. The number of aliphatic imine (C=N–C) groups is 1. The van der Waals surface area contributed by atoms with Gasteiger partial charge in [-0.05, 0) is 54.6 Å². The quantitative estimate of drug-likeness (QED) is 0.496. The van der Waals surface area contributed by atoms with Gasteiger partial charge in [0.2, 0.25) is 0 Å². The molecule has 0 saturated carbocycles. The van der Waals surface area contributed by atoms with Crippen molar-refractivity contribution in [3.63, 3.8) is 0 Å². The van der Waals surface area contributed by atoms with Gasteiger partial charge in [-0.1, -0.05) is 36.9 Å².